The van der Waals surface area contributed by atoms with Gasteiger partial charge in [0.25, 0.3) is 0 Å². The minimum absolute atomic E-state index is 0.0678. The molecule has 1 N–H and O–H groups in total. The van der Waals surface area contributed by atoms with Gasteiger partial charge < -0.3 is 5.32 Å². The lowest BCUT2D eigenvalue weighted by Gasteiger charge is -2.35. The van der Waals surface area contributed by atoms with Crippen molar-refractivity contribution in [1.82, 2.24) is 15.2 Å². The summed E-state index contributed by atoms with van der Waals surface area (Å²) in [7, 11) is 0. The normalized spacial score (nSPS) is 19.3. The van der Waals surface area contributed by atoms with Crippen molar-refractivity contribution >= 4 is 28.8 Å². The second-order valence-corrected chi connectivity index (χ2v) is 6.15. The fourth-order valence-electron chi connectivity index (χ4n) is 2.45. The third-order valence-corrected chi connectivity index (χ3v) is 4.89. The van der Waals surface area contributed by atoms with Crippen molar-refractivity contribution < 1.29 is 4.79 Å². The van der Waals surface area contributed by atoms with Crippen LogP contribution in [-0.4, -0.2) is 34.9 Å². The Morgan fingerprint density at radius 2 is 2.32 bits per heavy atom. The molecule has 1 unspecified atom stereocenters. The highest BCUT2D eigenvalue weighted by Crippen LogP contribution is 2.27. The van der Waals surface area contributed by atoms with Crippen LogP contribution in [0.3, 0.4) is 0 Å². The molecule has 1 fully saturated rings. The summed E-state index contributed by atoms with van der Waals surface area (Å²) in [5, 5.41) is 6.16. The Kier molecular flexibility index (Phi) is 5.19. The second-order valence-electron chi connectivity index (χ2n) is 5.00. The Bertz CT molecular complexity index is 429. The number of hydrogen-bond donors (Lipinski definition) is 1. The van der Waals surface area contributed by atoms with E-state index in [-0.39, 0.29) is 5.91 Å². The fourth-order valence-corrected chi connectivity index (χ4v) is 3.59. The topological polar surface area (TPSA) is 45.2 Å². The summed E-state index contributed by atoms with van der Waals surface area (Å²) < 4.78 is 0. The Hall–Kier alpha value is -0.650. The molecule has 0 aliphatic carbocycles. The van der Waals surface area contributed by atoms with Gasteiger partial charge in [-0.2, -0.15) is 0 Å². The predicted molar refractivity (Wildman–Crippen MR) is 78.5 cm³/mol. The highest BCUT2D eigenvalue weighted by molar-refractivity contribution is 7.09. The molecule has 1 aromatic heterocycles. The Morgan fingerprint density at radius 3 is 2.84 bits per heavy atom. The van der Waals surface area contributed by atoms with E-state index in [0.29, 0.717) is 18.0 Å². The van der Waals surface area contributed by atoms with Crippen LogP contribution in [0.25, 0.3) is 0 Å². The molecule has 0 saturated carbocycles. The first-order chi connectivity index (χ1) is 9.10. The zero-order valence-corrected chi connectivity index (χ0v) is 12.9. The van der Waals surface area contributed by atoms with Gasteiger partial charge in [-0.25, -0.2) is 4.98 Å². The predicted octanol–water partition coefficient (Wildman–Crippen LogP) is 2.54. The van der Waals surface area contributed by atoms with Gasteiger partial charge in [0, 0.05) is 31.4 Å². The fraction of sp³-hybridized carbons (Fsp3) is 0.692. The maximum Gasteiger partial charge on any atom is 0.217 e. The molecule has 19 heavy (non-hydrogen) atoms. The van der Waals surface area contributed by atoms with Crippen LogP contribution in [0, 0.1) is 0 Å². The van der Waals surface area contributed by atoms with Crippen molar-refractivity contribution in [1.29, 1.82) is 0 Å². The molecular formula is C13H20ClN3OS. The van der Waals surface area contributed by atoms with Crippen LogP contribution < -0.4 is 5.32 Å². The molecule has 1 aliphatic rings. The van der Waals surface area contributed by atoms with Crippen LogP contribution in [-0.2, 0) is 10.7 Å². The maximum absolute atomic E-state index is 11.0. The van der Waals surface area contributed by atoms with Crippen LogP contribution in [0.4, 0.5) is 0 Å². The molecule has 1 aromatic rings. The number of likely N-dealkylation sites (tertiary alicyclic amines) is 1. The standard InChI is InChI=1S/C13H20ClN3OS/c1-9(13-16-12(7-14)8-19-13)17-5-3-11(4-6-17)15-10(2)18/h8-9,11H,3-7H2,1-2H3,(H,15,18). The number of thiazole rings is 1. The van der Waals surface area contributed by atoms with Gasteiger partial charge in [-0.15, -0.1) is 22.9 Å². The van der Waals surface area contributed by atoms with Crippen LogP contribution in [0.1, 0.15) is 43.4 Å². The lowest BCUT2D eigenvalue weighted by Crippen LogP contribution is -2.44. The number of carbonyl (C=O) groups is 1. The summed E-state index contributed by atoms with van der Waals surface area (Å²) in [5.74, 6) is 0.548. The van der Waals surface area contributed by atoms with Crippen LogP contribution in [0.5, 0.6) is 0 Å². The van der Waals surface area contributed by atoms with Gasteiger partial charge in [0.1, 0.15) is 5.01 Å². The maximum atomic E-state index is 11.0. The highest BCUT2D eigenvalue weighted by Gasteiger charge is 2.25. The number of nitrogens with zero attached hydrogens (tertiary/aromatic N) is 2. The molecule has 0 radical (unpaired) electrons. The number of nitrogens with one attached hydrogen (secondary N) is 1. The van der Waals surface area contributed by atoms with Gasteiger partial charge >= 0.3 is 0 Å². The first-order valence-corrected chi connectivity index (χ1v) is 8.03. The summed E-state index contributed by atoms with van der Waals surface area (Å²) >= 11 is 7.47. The summed E-state index contributed by atoms with van der Waals surface area (Å²) in [6.07, 6.45) is 2.02. The first kappa shape index (κ1) is 14.8. The van der Waals surface area contributed by atoms with Gasteiger partial charge in [-0.05, 0) is 19.8 Å². The van der Waals surface area contributed by atoms with Crippen molar-refractivity contribution in [3.05, 3.63) is 16.1 Å². The number of halogens is 1. The van der Waals surface area contributed by atoms with Gasteiger partial charge in [-0.3, -0.25) is 9.69 Å². The SMILES string of the molecule is CC(=O)NC1CCN(C(C)c2nc(CCl)cs2)CC1. The lowest BCUT2D eigenvalue weighted by molar-refractivity contribution is -0.120. The van der Waals surface area contributed by atoms with Crippen molar-refractivity contribution in [3.8, 4) is 0 Å². The molecule has 1 amide bonds. The summed E-state index contributed by atoms with van der Waals surface area (Å²) in [6.45, 7) is 5.78. The number of hydrogen-bond acceptors (Lipinski definition) is 4. The van der Waals surface area contributed by atoms with Crippen LogP contribution >= 0.6 is 22.9 Å². The van der Waals surface area contributed by atoms with E-state index in [1.807, 2.05) is 5.38 Å². The van der Waals surface area contributed by atoms with Gasteiger partial charge in [-0.1, -0.05) is 0 Å². The van der Waals surface area contributed by atoms with E-state index in [1.54, 1.807) is 18.3 Å². The molecule has 0 spiro atoms. The van der Waals surface area contributed by atoms with E-state index < -0.39 is 0 Å². The molecule has 1 saturated heterocycles. The van der Waals surface area contributed by atoms with Gasteiger partial charge in [0.15, 0.2) is 0 Å². The quantitative estimate of drug-likeness (QED) is 0.869. The largest absolute Gasteiger partial charge is 0.354 e. The van der Waals surface area contributed by atoms with E-state index in [9.17, 15) is 4.79 Å². The van der Waals surface area contributed by atoms with Gasteiger partial charge in [0.05, 0.1) is 17.6 Å². The van der Waals surface area contributed by atoms with E-state index in [0.717, 1.165) is 36.6 Å². The number of aromatic nitrogens is 1. The van der Waals surface area contributed by atoms with E-state index in [4.69, 9.17) is 11.6 Å². The zero-order valence-electron chi connectivity index (χ0n) is 11.4. The lowest BCUT2D eigenvalue weighted by atomic mass is 10.0. The number of carbonyl (C=O) groups excluding carboxylic acids is 1. The van der Waals surface area contributed by atoms with Crippen molar-refractivity contribution in [3.63, 3.8) is 0 Å². The Balaban J connectivity index is 1.88. The second kappa shape index (κ2) is 6.68. The zero-order chi connectivity index (χ0) is 13.8. The van der Waals surface area contributed by atoms with Crippen molar-refractivity contribution in [2.45, 2.75) is 44.7 Å². The molecule has 2 rings (SSSR count). The van der Waals surface area contributed by atoms with Gasteiger partial charge in [0.2, 0.25) is 5.91 Å². The van der Waals surface area contributed by atoms with Crippen LogP contribution in [0.2, 0.25) is 0 Å². The average Bonchev–Trinajstić information content (AvgIpc) is 2.87. The number of alkyl halides is 1. The van der Waals surface area contributed by atoms with E-state index in [1.165, 1.54) is 0 Å². The third kappa shape index (κ3) is 3.91. The minimum atomic E-state index is 0.0678. The smallest absolute Gasteiger partial charge is 0.217 e. The third-order valence-electron chi connectivity index (χ3n) is 3.55. The molecule has 0 bridgehead atoms. The van der Waals surface area contributed by atoms with Crippen LogP contribution in [0.15, 0.2) is 5.38 Å². The molecular weight excluding hydrogens is 282 g/mol. The number of amides is 1. The average molecular weight is 302 g/mol. The van der Waals surface area contributed by atoms with Crippen molar-refractivity contribution in [2.75, 3.05) is 13.1 Å². The minimum Gasteiger partial charge on any atom is -0.354 e. The molecule has 0 aromatic carbocycles. The summed E-state index contributed by atoms with van der Waals surface area (Å²) in [5.41, 5.74) is 0.960. The Morgan fingerprint density at radius 1 is 1.63 bits per heavy atom. The molecule has 106 valence electrons. The summed E-state index contributed by atoms with van der Waals surface area (Å²) in [6, 6.07) is 0.663. The monoisotopic (exact) mass is 301 g/mol. The van der Waals surface area contributed by atoms with Crippen molar-refractivity contribution in [2.24, 2.45) is 0 Å². The van der Waals surface area contributed by atoms with E-state index >= 15 is 0 Å². The summed E-state index contributed by atoms with van der Waals surface area (Å²) in [4.78, 5) is 18.0. The molecule has 4 nitrogen and oxygen atoms in total. The molecule has 1 atom stereocenters. The molecule has 1 aliphatic heterocycles. The van der Waals surface area contributed by atoms with E-state index in [2.05, 4.69) is 22.1 Å². The Labute approximate surface area is 123 Å². The number of piperidine rings is 1. The molecule has 6 heteroatoms. The number of rotatable bonds is 4. The first-order valence-electron chi connectivity index (χ1n) is 6.61. The molecule has 2 heterocycles. The highest BCUT2D eigenvalue weighted by atomic mass is 35.5.